The van der Waals surface area contributed by atoms with Crippen LogP contribution >= 0.6 is 0 Å². The summed E-state index contributed by atoms with van der Waals surface area (Å²) < 4.78 is 0. The third kappa shape index (κ3) is 2.61. The molecule has 0 aromatic carbocycles. The molecular formula is C12H19N3. The highest BCUT2D eigenvalue weighted by Gasteiger charge is 2.20. The van der Waals surface area contributed by atoms with Crippen LogP contribution in [0.25, 0.3) is 0 Å². The first kappa shape index (κ1) is 10.3. The van der Waals surface area contributed by atoms with E-state index < -0.39 is 0 Å². The molecule has 1 heterocycles. The van der Waals surface area contributed by atoms with Crippen LogP contribution in [-0.4, -0.2) is 18.1 Å². The summed E-state index contributed by atoms with van der Waals surface area (Å²) in [7, 11) is 1.89. The summed E-state index contributed by atoms with van der Waals surface area (Å²) in [6, 6.07) is 4.74. The quantitative estimate of drug-likeness (QED) is 0.796. The van der Waals surface area contributed by atoms with Crippen LogP contribution < -0.4 is 10.6 Å². The van der Waals surface area contributed by atoms with E-state index in [4.69, 9.17) is 0 Å². The van der Waals surface area contributed by atoms with Crippen LogP contribution in [0.4, 0.5) is 11.5 Å². The summed E-state index contributed by atoms with van der Waals surface area (Å²) in [6.45, 7) is 2.33. The summed E-state index contributed by atoms with van der Waals surface area (Å²) in [5.74, 6) is 1.79. The zero-order valence-corrected chi connectivity index (χ0v) is 9.46. The van der Waals surface area contributed by atoms with E-state index in [1.165, 1.54) is 24.9 Å². The third-order valence-corrected chi connectivity index (χ3v) is 3.08. The molecule has 1 fully saturated rings. The molecule has 1 aromatic rings. The molecule has 0 aliphatic heterocycles. The highest BCUT2D eigenvalue weighted by atomic mass is 15.0. The zero-order chi connectivity index (χ0) is 10.7. The molecule has 1 aliphatic carbocycles. The largest absolute Gasteiger partial charge is 0.382 e. The zero-order valence-electron chi connectivity index (χ0n) is 9.46. The van der Waals surface area contributed by atoms with Gasteiger partial charge in [0.05, 0.1) is 0 Å². The number of nitrogens with one attached hydrogen (secondary N) is 2. The summed E-state index contributed by atoms with van der Waals surface area (Å²) >= 11 is 0. The van der Waals surface area contributed by atoms with Crippen LogP contribution in [-0.2, 0) is 0 Å². The average molecular weight is 205 g/mol. The normalized spacial score (nSPS) is 25.2. The summed E-state index contributed by atoms with van der Waals surface area (Å²) in [5.41, 5.74) is 1.17. The monoisotopic (exact) mass is 205 g/mol. The topological polar surface area (TPSA) is 37.0 Å². The van der Waals surface area contributed by atoms with Gasteiger partial charge in [0.25, 0.3) is 0 Å². The second-order valence-corrected chi connectivity index (χ2v) is 4.44. The number of pyridine rings is 1. The summed E-state index contributed by atoms with van der Waals surface area (Å²) in [6.07, 6.45) is 5.77. The van der Waals surface area contributed by atoms with Crippen LogP contribution in [0, 0.1) is 5.92 Å². The molecule has 82 valence electrons. The fourth-order valence-electron chi connectivity index (χ4n) is 2.23. The molecule has 1 aromatic heterocycles. The molecule has 3 nitrogen and oxygen atoms in total. The smallest absolute Gasteiger partial charge is 0.127 e. The minimum atomic E-state index is 0.645. The fourth-order valence-corrected chi connectivity index (χ4v) is 2.23. The van der Waals surface area contributed by atoms with Gasteiger partial charge in [-0.1, -0.05) is 6.92 Å². The molecule has 3 heteroatoms. The van der Waals surface area contributed by atoms with Crippen LogP contribution in [0.3, 0.4) is 0 Å². The maximum Gasteiger partial charge on any atom is 0.127 e. The van der Waals surface area contributed by atoms with Gasteiger partial charge in [0, 0.05) is 31.0 Å². The fraction of sp³-hybridized carbons (Fsp3) is 0.583. The highest BCUT2D eigenvalue weighted by Crippen LogP contribution is 2.27. The lowest BCUT2D eigenvalue weighted by atomic mass is 10.1. The molecule has 0 radical (unpaired) electrons. The van der Waals surface area contributed by atoms with Crippen molar-refractivity contribution in [1.29, 1.82) is 0 Å². The van der Waals surface area contributed by atoms with E-state index in [2.05, 4.69) is 28.6 Å². The first-order valence-corrected chi connectivity index (χ1v) is 5.68. The van der Waals surface area contributed by atoms with Crippen LogP contribution in [0.1, 0.15) is 26.2 Å². The van der Waals surface area contributed by atoms with Crippen molar-refractivity contribution in [3.05, 3.63) is 18.3 Å². The van der Waals surface area contributed by atoms with Crippen molar-refractivity contribution in [1.82, 2.24) is 4.98 Å². The number of anilines is 2. The van der Waals surface area contributed by atoms with E-state index in [1.54, 1.807) is 0 Å². The van der Waals surface area contributed by atoms with E-state index in [0.29, 0.717) is 6.04 Å². The average Bonchev–Trinajstić information content (AvgIpc) is 2.64. The first-order chi connectivity index (χ1) is 7.28. The summed E-state index contributed by atoms with van der Waals surface area (Å²) in [5, 5.41) is 6.62. The van der Waals surface area contributed by atoms with Gasteiger partial charge in [-0.15, -0.1) is 0 Å². The predicted octanol–water partition coefficient (Wildman–Crippen LogP) is 2.72. The van der Waals surface area contributed by atoms with Crippen LogP contribution in [0.15, 0.2) is 18.3 Å². The van der Waals surface area contributed by atoms with Crippen molar-refractivity contribution in [3.63, 3.8) is 0 Å². The molecule has 0 saturated heterocycles. The molecule has 2 atom stereocenters. The Balaban J connectivity index is 1.98. The molecule has 2 rings (SSSR count). The Morgan fingerprint density at radius 1 is 1.40 bits per heavy atom. The first-order valence-electron chi connectivity index (χ1n) is 5.68. The molecule has 0 spiro atoms. The Kier molecular flexibility index (Phi) is 3.09. The van der Waals surface area contributed by atoms with Crippen molar-refractivity contribution in [2.75, 3.05) is 17.7 Å². The van der Waals surface area contributed by atoms with Crippen molar-refractivity contribution in [3.8, 4) is 0 Å². The Hall–Kier alpha value is -1.25. The van der Waals surface area contributed by atoms with Gasteiger partial charge >= 0.3 is 0 Å². The van der Waals surface area contributed by atoms with E-state index in [9.17, 15) is 0 Å². The molecule has 1 saturated carbocycles. The van der Waals surface area contributed by atoms with E-state index in [0.717, 1.165) is 11.7 Å². The van der Waals surface area contributed by atoms with Crippen molar-refractivity contribution < 1.29 is 0 Å². The SMILES string of the molecule is CNc1cc(NC2CCC(C)C2)ccn1. The third-order valence-electron chi connectivity index (χ3n) is 3.08. The molecule has 0 bridgehead atoms. The highest BCUT2D eigenvalue weighted by molar-refractivity contribution is 5.52. The Morgan fingerprint density at radius 3 is 2.93 bits per heavy atom. The second-order valence-electron chi connectivity index (χ2n) is 4.44. The van der Waals surface area contributed by atoms with Gasteiger partial charge < -0.3 is 10.6 Å². The van der Waals surface area contributed by atoms with E-state index in [1.807, 2.05) is 19.3 Å². The van der Waals surface area contributed by atoms with Gasteiger partial charge in [-0.3, -0.25) is 0 Å². The van der Waals surface area contributed by atoms with Crippen LogP contribution in [0.5, 0.6) is 0 Å². The lowest BCUT2D eigenvalue weighted by Gasteiger charge is -2.14. The summed E-state index contributed by atoms with van der Waals surface area (Å²) in [4.78, 5) is 4.20. The van der Waals surface area contributed by atoms with Gasteiger partial charge in [-0.05, 0) is 31.2 Å². The minimum Gasteiger partial charge on any atom is -0.382 e. The van der Waals surface area contributed by atoms with Gasteiger partial charge in [-0.2, -0.15) is 0 Å². The standard InChI is InChI=1S/C12H19N3/c1-9-3-4-10(7-9)15-11-5-6-14-12(8-11)13-2/h5-6,8-10H,3-4,7H2,1-2H3,(H2,13,14,15). The number of aromatic nitrogens is 1. The minimum absolute atomic E-state index is 0.645. The molecular weight excluding hydrogens is 186 g/mol. The van der Waals surface area contributed by atoms with Gasteiger partial charge in [0.15, 0.2) is 0 Å². The van der Waals surface area contributed by atoms with Crippen molar-refractivity contribution in [2.24, 2.45) is 5.92 Å². The van der Waals surface area contributed by atoms with Crippen molar-refractivity contribution in [2.45, 2.75) is 32.2 Å². The maximum absolute atomic E-state index is 4.20. The van der Waals surface area contributed by atoms with Crippen LogP contribution in [0.2, 0.25) is 0 Å². The lowest BCUT2D eigenvalue weighted by molar-refractivity contribution is 0.602. The lowest BCUT2D eigenvalue weighted by Crippen LogP contribution is -2.15. The number of hydrogen-bond acceptors (Lipinski definition) is 3. The van der Waals surface area contributed by atoms with E-state index in [-0.39, 0.29) is 0 Å². The van der Waals surface area contributed by atoms with E-state index >= 15 is 0 Å². The number of hydrogen-bond donors (Lipinski definition) is 2. The Bertz CT molecular complexity index is 324. The molecule has 0 amide bonds. The number of rotatable bonds is 3. The van der Waals surface area contributed by atoms with Gasteiger partial charge in [0.1, 0.15) is 5.82 Å². The van der Waals surface area contributed by atoms with Gasteiger partial charge in [-0.25, -0.2) is 4.98 Å². The Morgan fingerprint density at radius 2 is 2.27 bits per heavy atom. The molecule has 2 N–H and O–H groups in total. The predicted molar refractivity (Wildman–Crippen MR) is 64.2 cm³/mol. The van der Waals surface area contributed by atoms with Crippen molar-refractivity contribution >= 4 is 11.5 Å². The molecule has 15 heavy (non-hydrogen) atoms. The molecule has 1 aliphatic rings. The van der Waals surface area contributed by atoms with Gasteiger partial charge in [0.2, 0.25) is 0 Å². The maximum atomic E-state index is 4.20. The Labute approximate surface area is 91.3 Å². The molecule has 2 unspecified atom stereocenters. The number of nitrogens with zero attached hydrogens (tertiary/aromatic N) is 1. The second kappa shape index (κ2) is 4.51.